The summed E-state index contributed by atoms with van der Waals surface area (Å²) >= 11 is 0. The van der Waals surface area contributed by atoms with Crippen LogP contribution in [0.1, 0.15) is 47.8 Å². The van der Waals surface area contributed by atoms with Gasteiger partial charge in [0.05, 0.1) is 16.7 Å². The highest BCUT2D eigenvalue weighted by Crippen LogP contribution is 2.29. The summed E-state index contributed by atoms with van der Waals surface area (Å²) in [5.74, 6) is -0.799. The van der Waals surface area contributed by atoms with Gasteiger partial charge in [-0.15, -0.1) is 0 Å². The number of hydrogen-bond acceptors (Lipinski definition) is 4. The van der Waals surface area contributed by atoms with Crippen molar-refractivity contribution in [1.29, 1.82) is 0 Å². The molecule has 9 heteroatoms. The quantitative estimate of drug-likeness (QED) is 0.188. The number of benzene rings is 3. The number of nitrogens with zero attached hydrogens (tertiary/aromatic N) is 4. The topological polar surface area (TPSA) is 60.2 Å². The average Bonchev–Trinajstić information content (AvgIpc) is 3.59. The van der Waals surface area contributed by atoms with Crippen LogP contribution < -0.4 is 4.74 Å². The van der Waals surface area contributed by atoms with Crippen LogP contribution in [-0.2, 0) is 24.4 Å². The second kappa shape index (κ2) is 12.1. The molecule has 3 aromatic carbocycles. The first-order valence-electron chi connectivity index (χ1n) is 14.7. The van der Waals surface area contributed by atoms with Gasteiger partial charge in [0.25, 0.3) is 0 Å². The SMILES string of the molecule is CC(=O)N1CCCC1Cn1c(Cc2cc(F)c(-c3cccc(OCc4ccc(C)cc4F)n3)cc2F)nc2ccc(C)cc21. The third-order valence-corrected chi connectivity index (χ3v) is 8.23. The van der Waals surface area contributed by atoms with Crippen molar-refractivity contribution in [2.24, 2.45) is 0 Å². The molecule has 1 amide bonds. The summed E-state index contributed by atoms with van der Waals surface area (Å²) in [5.41, 5.74) is 4.25. The normalized spacial score (nSPS) is 14.9. The van der Waals surface area contributed by atoms with Gasteiger partial charge >= 0.3 is 0 Å². The summed E-state index contributed by atoms with van der Waals surface area (Å²) in [7, 11) is 0. The number of ether oxygens (including phenoxy) is 1. The Bertz CT molecular complexity index is 1870. The molecule has 0 saturated carbocycles. The Labute approximate surface area is 254 Å². The van der Waals surface area contributed by atoms with Gasteiger partial charge in [-0.05, 0) is 79.8 Å². The lowest BCUT2D eigenvalue weighted by molar-refractivity contribution is -0.129. The number of hydrogen-bond donors (Lipinski definition) is 0. The van der Waals surface area contributed by atoms with E-state index in [4.69, 9.17) is 9.72 Å². The molecule has 2 aromatic heterocycles. The maximum Gasteiger partial charge on any atom is 0.219 e. The predicted octanol–water partition coefficient (Wildman–Crippen LogP) is 7.31. The molecule has 1 aliphatic rings. The first-order valence-corrected chi connectivity index (χ1v) is 14.7. The zero-order chi connectivity index (χ0) is 31.0. The summed E-state index contributed by atoms with van der Waals surface area (Å²) < 4.78 is 53.1. The summed E-state index contributed by atoms with van der Waals surface area (Å²) in [4.78, 5) is 23.3. The van der Waals surface area contributed by atoms with Crippen LogP contribution in [0.2, 0.25) is 0 Å². The number of fused-ring (bicyclic) bond motifs is 1. The van der Waals surface area contributed by atoms with E-state index in [0.717, 1.165) is 41.1 Å². The van der Waals surface area contributed by atoms with Crippen molar-refractivity contribution in [2.45, 2.75) is 59.2 Å². The Balaban J connectivity index is 1.27. The van der Waals surface area contributed by atoms with E-state index in [1.807, 2.05) is 34.6 Å². The summed E-state index contributed by atoms with van der Waals surface area (Å²) in [6, 6.07) is 17.9. The maximum atomic E-state index is 15.6. The Morgan fingerprint density at radius 1 is 0.909 bits per heavy atom. The number of aryl methyl sites for hydroxylation is 2. The largest absolute Gasteiger partial charge is 0.473 e. The molecular weight excluding hydrogens is 565 g/mol. The van der Waals surface area contributed by atoms with E-state index in [0.29, 0.717) is 24.5 Å². The van der Waals surface area contributed by atoms with Crippen molar-refractivity contribution in [3.8, 4) is 17.1 Å². The molecular formula is C35H33F3N4O2. The van der Waals surface area contributed by atoms with Gasteiger partial charge in [-0.3, -0.25) is 4.79 Å². The number of halogens is 3. The number of imidazole rings is 1. The van der Waals surface area contributed by atoms with Gasteiger partial charge in [-0.2, -0.15) is 0 Å². The van der Waals surface area contributed by atoms with E-state index in [1.165, 1.54) is 12.1 Å². The number of rotatable bonds is 8. The summed E-state index contributed by atoms with van der Waals surface area (Å²) in [6.07, 6.45) is 1.87. The van der Waals surface area contributed by atoms with Crippen LogP contribution in [0, 0.1) is 31.3 Å². The molecule has 226 valence electrons. The minimum Gasteiger partial charge on any atom is -0.473 e. The average molecular weight is 599 g/mol. The highest BCUT2D eigenvalue weighted by atomic mass is 19.1. The molecule has 0 N–H and O–H groups in total. The van der Waals surface area contributed by atoms with Crippen LogP contribution in [0.5, 0.6) is 5.88 Å². The number of likely N-dealkylation sites (tertiary alicyclic amines) is 1. The Morgan fingerprint density at radius 3 is 2.48 bits per heavy atom. The fourth-order valence-corrected chi connectivity index (χ4v) is 5.93. The van der Waals surface area contributed by atoms with Gasteiger partial charge in [-0.25, -0.2) is 23.1 Å². The van der Waals surface area contributed by atoms with E-state index in [-0.39, 0.29) is 53.5 Å². The maximum absolute atomic E-state index is 15.6. The lowest BCUT2D eigenvalue weighted by Gasteiger charge is -2.25. The van der Waals surface area contributed by atoms with E-state index >= 15 is 8.78 Å². The van der Waals surface area contributed by atoms with Gasteiger partial charge < -0.3 is 14.2 Å². The van der Waals surface area contributed by atoms with Gasteiger partial charge in [0.1, 0.15) is 29.9 Å². The summed E-state index contributed by atoms with van der Waals surface area (Å²) in [5, 5.41) is 0. The molecule has 44 heavy (non-hydrogen) atoms. The number of amides is 1. The molecule has 3 heterocycles. The van der Waals surface area contributed by atoms with Crippen molar-refractivity contribution >= 4 is 16.9 Å². The Morgan fingerprint density at radius 2 is 1.68 bits per heavy atom. The molecule has 6 nitrogen and oxygen atoms in total. The lowest BCUT2D eigenvalue weighted by atomic mass is 10.0. The zero-order valence-corrected chi connectivity index (χ0v) is 24.9. The third-order valence-electron chi connectivity index (χ3n) is 8.23. The van der Waals surface area contributed by atoms with E-state index in [1.54, 1.807) is 44.2 Å². The van der Waals surface area contributed by atoms with E-state index < -0.39 is 11.6 Å². The number of aromatic nitrogens is 3. The van der Waals surface area contributed by atoms with Gasteiger partial charge in [0, 0.05) is 49.7 Å². The molecule has 1 atom stereocenters. The molecule has 5 aromatic rings. The molecule has 1 fully saturated rings. The van der Waals surface area contributed by atoms with Crippen LogP contribution >= 0.6 is 0 Å². The number of pyridine rings is 1. The smallest absolute Gasteiger partial charge is 0.219 e. The molecule has 1 saturated heterocycles. The minimum absolute atomic E-state index is 0.00889. The molecule has 0 radical (unpaired) electrons. The van der Waals surface area contributed by atoms with Gasteiger partial charge in [-0.1, -0.05) is 24.3 Å². The standard InChI is InChI=1S/C35H33F3N4O2/c1-21-9-11-24(28(36)14-21)20-44-35-8-4-7-31(40-35)27-18-29(37)25(16-30(27)38)17-34-39-32-12-10-22(2)15-33(32)42(34)19-26-6-5-13-41(26)23(3)43/h4,7-12,14-16,18,26H,5-6,13,17,19-20H2,1-3H3. The van der Waals surface area contributed by atoms with Crippen LogP contribution in [-0.4, -0.2) is 37.9 Å². The Kier molecular flexibility index (Phi) is 8.12. The first kappa shape index (κ1) is 29.4. The van der Waals surface area contributed by atoms with Crippen molar-refractivity contribution in [2.75, 3.05) is 6.54 Å². The summed E-state index contributed by atoms with van der Waals surface area (Å²) in [6.45, 7) is 6.57. The van der Waals surface area contributed by atoms with Crippen LogP contribution in [0.25, 0.3) is 22.3 Å². The minimum atomic E-state index is -0.632. The van der Waals surface area contributed by atoms with Crippen molar-refractivity contribution in [1.82, 2.24) is 19.4 Å². The molecule has 1 unspecified atom stereocenters. The molecule has 6 rings (SSSR count). The highest BCUT2D eigenvalue weighted by Gasteiger charge is 2.28. The predicted molar refractivity (Wildman–Crippen MR) is 163 cm³/mol. The molecule has 0 bridgehead atoms. The lowest BCUT2D eigenvalue weighted by Crippen LogP contribution is -2.36. The van der Waals surface area contributed by atoms with Crippen LogP contribution in [0.15, 0.2) is 66.7 Å². The van der Waals surface area contributed by atoms with E-state index in [2.05, 4.69) is 4.98 Å². The van der Waals surface area contributed by atoms with Crippen molar-refractivity contribution < 1.29 is 22.7 Å². The van der Waals surface area contributed by atoms with Crippen LogP contribution in [0.4, 0.5) is 13.2 Å². The second-order valence-electron chi connectivity index (χ2n) is 11.5. The molecule has 1 aliphatic heterocycles. The first-order chi connectivity index (χ1) is 21.2. The molecule has 0 spiro atoms. The second-order valence-corrected chi connectivity index (χ2v) is 11.5. The van der Waals surface area contributed by atoms with Crippen molar-refractivity contribution in [3.63, 3.8) is 0 Å². The number of carbonyl (C=O) groups is 1. The van der Waals surface area contributed by atoms with Gasteiger partial charge in [0.2, 0.25) is 11.8 Å². The molecule has 0 aliphatic carbocycles. The zero-order valence-electron chi connectivity index (χ0n) is 24.9. The van der Waals surface area contributed by atoms with Crippen molar-refractivity contribution in [3.05, 3.63) is 112 Å². The van der Waals surface area contributed by atoms with Crippen LogP contribution in [0.3, 0.4) is 0 Å². The van der Waals surface area contributed by atoms with E-state index in [9.17, 15) is 9.18 Å². The highest BCUT2D eigenvalue weighted by molar-refractivity contribution is 5.77. The monoisotopic (exact) mass is 598 g/mol. The number of carbonyl (C=O) groups excluding carboxylic acids is 1. The Hall–Kier alpha value is -4.66. The fraction of sp³-hybridized carbons (Fsp3) is 0.286. The fourth-order valence-electron chi connectivity index (χ4n) is 5.93. The third kappa shape index (κ3) is 6.04. The van der Waals surface area contributed by atoms with Gasteiger partial charge in [0.15, 0.2) is 0 Å².